The number of rotatable bonds is 6. The zero-order valence-electron chi connectivity index (χ0n) is 9.53. The second kappa shape index (κ2) is 6.57. The summed E-state index contributed by atoms with van der Waals surface area (Å²) in [5.41, 5.74) is 6.58. The number of amides is 1. The molecule has 1 aromatic heterocycles. The molecule has 0 saturated heterocycles. The highest BCUT2D eigenvalue weighted by atomic mass is 32.1. The molecular weight excluding hydrogens is 226 g/mol. The first-order valence-corrected chi connectivity index (χ1v) is 5.94. The van der Waals surface area contributed by atoms with E-state index in [2.05, 4.69) is 10.3 Å². The molecule has 0 aliphatic rings. The number of carbonyl (C=O) groups is 1. The SMILES string of the molecule is COCC(N)C(=O)NCCc1nc(C)cs1. The molecule has 3 N–H and O–H groups in total. The van der Waals surface area contributed by atoms with Gasteiger partial charge in [0.25, 0.3) is 0 Å². The molecule has 0 aliphatic heterocycles. The summed E-state index contributed by atoms with van der Waals surface area (Å²) in [6.45, 7) is 2.75. The molecule has 1 atom stereocenters. The van der Waals surface area contributed by atoms with Crippen LogP contribution in [0.4, 0.5) is 0 Å². The fraction of sp³-hybridized carbons (Fsp3) is 0.600. The number of hydrogen-bond donors (Lipinski definition) is 2. The van der Waals surface area contributed by atoms with E-state index in [1.165, 1.54) is 7.11 Å². The van der Waals surface area contributed by atoms with E-state index in [0.29, 0.717) is 6.54 Å². The number of aromatic nitrogens is 1. The summed E-state index contributed by atoms with van der Waals surface area (Å²) >= 11 is 1.60. The smallest absolute Gasteiger partial charge is 0.239 e. The highest BCUT2D eigenvalue weighted by molar-refractivity contribution is 7.09. The van der Waals surface area contributed by atoms with Gasteiger partial charge in [0.2, 0.25) is 5.91 Å². The largest absolute Gasteiger partial charge is 0.383 e. The highest BCUT2D eigenvalue weighted by Crippen LogP contribution is 2.08. The Kier molecular flexibility index (Phi) is 5.37. The number of nitrogens with one attached hydrogen (secondary N) is 1. The van der Waals surface area contributed by atoms with Gasteiger partial charge >= 0.3 is 0 Å². The summed E-state index contributed by atoms with van der Waals surface area (Å²) in [5, 5.41) is 5.77. The van der Waals surface area contributed by atoms with Gasteiger partial charge in [-0.2, -0.15) is 0 Å². The molecule has 0 fully saturated rings. The van der Waals surface area contributed by atoms with Crippen molar-refractivity contribution in [3.05, 3.63) is 16.1 Å². The van der Waals surface area contributed by atoms with Gasteiger partial charge in [0.05, 0.1) is 11.6 Å². The molecular formula is C10H17N3O2S. The van der Waals surface area contributed by atoms with Crippen molar-refractivity contribution >= 4 is 17.2 Å². The van der Waals surface area contributed by atoms with Crippen molar-refractivity contribution in [1.29, 1.82) is 0 Å². The quantitative estimate of drug-likeness (QED) is 0.742. The average Bonchev–Trinajstić information content (AvgIpc) is 2.64. The Morgan fingerprint density at radius 2 is 2.50 bits per heavy atom. The molecule has 16 heavy (non-hydrogen) atoms. The first-order valence-electron chi connectivity index (χ1n) is 5.06. The van der Waals surface area contributed by atoms with E-state index in [0.717, 1.165) is 17.1 Å². The molecule has 0 radical (unpaired) electrons. The van der Waals surface area contributed by atoms with Crippen molar-refractivity contribution in [3.8, 4) is 0 Å². The van der Waals surface area contributed by atoms with Crippen molar-refractivity contribution in [1.82, 2.24) is 10.3 Å². The second-order valence-electron chi connectivity index (χ2n) is 3.49. The van der Waals surface area contributed by atoms with Crippen LogP contribution in [-0.2, 0) is 16.0 Å². The summed E-state index contributed by atoms with van der Waals surface area (Å²) in [7, 11) is 1.52. The minimum absolute atomic E-state index is 0.185. The highest BCUT2D eigenvalue weighted by Gasteiger charge is 2.12. The third-order valence-corrected chi connectivity index (χ3v) is 3.01. The molecule has 0 saturated carbocycles. The van der Waals surface area contributed by atoms with Gasteiger partial charge in [-0.05, 0) is 6.92 Å². The first kappa shape index (κ1) is 13.1. The lowest BCUT2D eigenvalue weighted by Crippen LogP contribution is -2.44. The third-order valence-electron chi connectivity index (χ3n) is 1.99. The van der Waals surface area contributed by atoms with Gasteiger partial charge < -0.3 is 15.8 Å². The Balaban J connectivity index is 2.22. The molecule has 0 aliphatic carbocycles. The zero-order valence-corrected chi connectivity index (χ0v) is 10.3. The maximum absolute atomic E-state index is 11.4. The topological polar surface area (TPSA) is 77.2 Å². The molecule has 1 amide bonds. The molecule has 1 aromatic rings. The molecule has 5 nitrogen and oxygen atoms in total. The molecule has 0 spiro atoms. The third kappa shape index (κ3) is 4.26. The summed E-state index contributed by atoms with van der Waals surface area (Å²) in [6.07, 6.45) is 0.740. The summed E-state index contributed by atoms with van der Waals surface area (Å²) in [4.78, 5) is 15.7. The number of carbonyl (C=O) groups excluding carboxylic acids is 1. The number of hydrogen-bond acceptors (Lipinski definition) is 5. The Labute approximate surface area is 99.0 Å². The molecule has 0 bridgehead atoms. The van der Waals surface area contributed by atoms with Crippen LogP contribution in [0.2, 0.25) is 0 Å². The minimum atomic E-state index is -0.594. The van der Waals surface area contributed by atoms with Gasteiger partial charge in [-0.15, -0.1) is 11.3 Å². The molecule has 1 heterocycles. The van der Waals surface area contributed by atoms with E-state index in [9.17, 15) is 4.79 Å². The van der Waals surface area contributed by atoms with Crippen molar-refractivity contribution < 1.29 is 9.53 Å². The number of ether oxygens (including phenoxy) is 1. The van der Waals surface area contributed by atoms with E-state index >= 15 is 0 Å². The molecule has 1 rings (SSSR count). The van der Waals surface area contributed by atoms with Crippen molar-refractivity contribution in [3.63, 3.8) is 0 Å². The summed E-state index contributed by atoms with van der Waals surface area (Å²) < 4.78 is 4.80. The maximum atomic E-state index is 11.4. The number of methoxy groups -OCH3 is 1. The van der Waals surface area contributed by atoms with Crippen LogP contribution in [0.1, 0.15) is 10.7 Å². The molecule has 6 heteroatoms. The van der Waals surface area contributed by atoms with Gasteiger partial charge in [-0.3, -0.25) is 4.79 Å². The van der Waals surface area contributed by atoms with Crippen LogP contribution >= 0.6 is 11.3 Å². The molecule has 1 unspecified atom stereocenters. The zero-order chi connectivity index (χ0) is 12.0. The van der Waals surface area contributed by atoms with Crippen molar-refractivity contribution in [2.75, 3.05) is 20.3 Å². The Morgan fingerprint density at radius 1 is 1.75 bits per heavy atom. The van der Waals surface area contributed by atoms with Gasteiger partial charge in [-0.25, -0.2) is 4.98 Å². The Morgan fingerprint density at radius 3 is 3.06 bits per heavy atom. The van der Waals surface area contributed by atoms with Crippen LogP contribution in [-0.4, -0.2) is 37.2 Å². The van der Waals surface area contributed by atoms with Crippen molar-refractivity contribution in [2.45, 2.75) is 19.4 Å². The molecule has 0 aromatic carbocycles. The molecule has 90 valence electrons. The van der Waals surface area contributed by atoms with E-state index in [4.69, 9.17) is 10.5 Å². The maximum Gasteiger partial charge on any atom is 0.239 e. The summed E-state index contributed by atoms with van der Waals surface area (Å²) in [5.74, 6) is -0.185. The fourth-order valence-corrected chi connectivity index (χ4v) is 1.97. The van der Waals surface area contributed by atoms with Crippen LogP contribution in [0.15, 0.2) is 5.38 Å². The van der Waals surface area contributed by atoms with Crippen LogP contribution in [0, 0.1) is 6.92 Å². The van der Waals surface area contributed by atoms with E-state index in [1.807, 2.05) is 12.3 Å². The van der Waals surface area contributed by atoms with Crippen LogP contribution in [0.5, 0.6) is 0 Å². The Hall–Kier alpha value is -0.980. The van der Waals surface area contributed by atoms with Gasteiger partial charge in [-0.1, -0.05) is 0 Å². The Bertz CT molecular complexity index is 341. The standard InChI is InChI=1S/C10H17N3O2S/c1-7-6-16-9(13-7)3-4-12-10(14)8(11)5-15-2/h6,8H,3-5,11H2,1-2H3,(H,12,14). The number of nitrogens with two attached hydrogens (primary N) is 1. The fourth-order valence-electron chi connectivity index (χ4n) is 1.20. The second-order valence-corrected chi connectivity index (χ2v) is 4.43. The predicted octanol–water partition coefficient (Wildman–Crippen LogP) is 0.0839. The average molecular weight is 243 g/mol. The van der Waals surface area contributed by atoms with E-state index < -0.39 is 6.04 Å². The van der Waals surface area contributed by atoms with Gasteiger partial charge in [0.15, 0.2) is 0 Å². The van der Waals surface area contributed by atoms with Crippen LogP contribution in [0.3, 0.4) is 0 Å². The monoisotopic (exact) mass is 243 g/mol. The summed E-state index contributed by atoms with van der Waals surface area (Å²) in [6, 6.07) is -0.594. The van der Waals surface area contributed by atoms with Crippen molar-refractivity contribution in [2.24, 2.45) is 5.73 Å². The number of thiazole rings is 1. The van der Waals surface area contributed by atoms with Gasteiger partial charge in [0, 0.05) is 31.1 Å². The minimum Gasteiger partial charge on any atom is -0.383 e. The first-order chi connectivity index (χ1) is 7.63. The van der Waals surface area contributed by atoms with E-state index in [-0.39, 0.29) is 12.5 Å². The predicted molar refractivity (Wildman–Crippen MR) is 63.4 cm³/mol. The lowest BCUT2D eigenvalue weighted by molar-refractivity contribution is -0.123. The normalized spacial score (nSPS) is 12.4. The van der Waals surface area contributed by atoms with E-state index in [1.54, 1.807) is 11.3 Å². The van der Waals surface area contributed by atoms with Crippen LogP contribution < -0.4 is 11.1 Å². The number of aryl methyl sites for hydroxylation is 1. The lowest BCUT2D eigenvalue weighted by atomic mass is 10.3. The number of nitrogens with zero attached hydrogens (tertiary/aromatic N) is 1. The van der Waals surface area contributed by atoms with Gasteiger partial charge in [0.1, 0.15) is 6.04 Å². The van der Waals surface area contributed by atoms with Crippen LogP contribution in [0.25, 0.3) is 0 Å². The lowest BCUT2D eigenvalue weighted by Gasteiger charge is -2.10.